The first-order valence-corrected chi connectivity index (χ1v) is 32.4. The minimum Gasteiger partial charge on any atom is -0.342 e. The number of nitrogens with zero attached hydrogens (tertiary/aromatic N) is 5. The number of anilines is 12. The van der Waals surface area contributed by atoms with Gasteiger partial charge in [-0.3, -0.25) is 0 Å². The minimum atomic E-state index is -0.221. The normalized spacial score (nSPS) is 13.2. The summed E-state index contributed by atoms with van der Waals surface area (Å²) in [6, 6.07) is 86.0. The fourth-order valence-corrected chi connectivity index (χ4v) is 15.4. The lowest BCUT2D eigenvalue weighted by Crippen LogP contribution is -2.61. The quantitative estimate of drug-likeness (QED) is 0.141. The van der Waals surface area contributed by atoms with Crippen LogP contribution in [0.5, 0.6) is 0 Å². The summed E-state index contributed by atoms with van der Waals surface area (Å²) in [5.74, 6) is 0. The Morgan fingerprint density at radius 1 is 0.382 bits per heavy atom. The van der Waals surface area contributed by atoms with E-state index in [1.54, 1.807) is 0 Å². The molecule has 0 N–H and O–H groups in total. The van der Waals surface area contributed by atoms with Gasteiger partial charge in [0.15, 0.2) is 0 Å². The first-order chi connectivity index (χ1) is 42.7. The van der Waals surface area contributed by atoms with E-state index in [0.29, 0.717) is 0 Å². The first kappa shape index (κ1) is 56.2. The molecule has 4 heterocycles. The third-order valence-electron chi connectivity index (χ3n) is 19.0. The van der Waals surface area contributed by atoms with E-state index < -0.39 is 0 Å². The summed E-state index contributed by atoms with van der Waals surface area (Å²) < 4.78 is 5.03. The largest absolute Gasteiger partial charge is 0.342 e. The van der Waals surface area contributed by atoms with Crippen molar-refractivity contribution < 1.29 is 0 Å². The summed E-state index contributed by atoms with van der Waals surface area (Å²) in [5, 5.41) is 4.98. The fourth-order valence-electron chi connectivity index (χ4n) is 14.2. The molecule has 438 valence electrons. The highest BCUT2D eigenvalue weighted by molar-refractivity contribution is 7.26. The van der Waals surface area contributed by atoms with Crippen LogP contribution in [0.2, 0.25) is 0 Å². The maximum atomic E-state index is 2.66. The molecular formula is C82H76BN5S. The monoisotopic (exact) mass is 1170 g/mol. The zero-order chi connectivity index (χ0) is 61.6. The highest BCUT2D eigenvalue weighted by atomic mass is 32.1. The number of hydrogen-bond donors (Lipinski definition) is 0. The molecule has 2 aliphatic heterocycles. The zero-order valence-corrected chi connectivity index (χ0v) is 54.4. The van der Waals surface area contributed by atoms with E-state index in [1.165, 1.54) is 120 Å². The molecule has 0 atom stereocenters. The number of thiophene rings is 1. The molecule has 89 heavy (non-hydrogen) atoms. The van der Waals surface area contributed by atoms with E-state index in [-0.39, 0.29) is 23.0 Å². The van der Waals surface area contributed by atoms with E-state index in [0.717, 1.165) is 39.8 Å². The van der Waals surface area contributed by atoms with Gasteiger partial charge < -0.3 is 24.2 Å². The molecule has 15 rings (SSSR count). The van der Waals surface area contributed by atoms with E-state index in [4.69, 9.17) is 0 Å². The predicted molar refractivity (Wildman–Crippen MR) is 387 cm³/mol. The van der Waals surface area contributed by atoms with E-state index >= 15 is 0 Å². The lowest BCUT2D eigenvalue weighted by molar-refractivity contribution is 0.590. The lowest BCUT2D eigenvalue weighted by atomic mass is 9.33. The van der Waals surface area contributed by atoms with Crippen LogP contribution in [0.4, 0.5) is 68.2 Å². The lowest BCUT2D eigenvalue weighted by Gasteiger charge is -2.46. The van der Waals surface area contributed by atoms with E-state index in [9.17, 15) is 0 Å². The van der Waals surface area contributed by atoms with Crippen molar-refractivity contribution in [1.82, 2.24) is 4.57 Å². The number of hydrogen-bond acceptors (Lipinski definition) is 5. The van der Waals surface area contributed by atoms with Crippen molar-refractivity contribution in [3.63, 3.8) is 0 Å². The third-order valence-corrected chi connectivity index (χ3v) is 20.2. The number of para-hydroxylation sites is 1. The van der Waals surface area contributed by atoms with Crippen molar-refractivity contribution in [2.24, 2.45) is 7.05 Å². The van der Waals surface area contributed by atoms with Gasteiger partial charge in [0.1, 0.15) is 0 Å². The van der Waals surface area contributed by atoms with Gasteiger partial charge in [0, 0.05) is 90.0 Å². The molecule has 0 bridgehead atoms. The van der Waals surface area contributed by atoms with Crippen LogP contribution in [0.3, 0.4) is 0 Å². The second-order valence-electron chi connectivity index (χ2n) is 28.2. The predicted octanol–water partition coefficient (Wildman–Crippen LogP) is 21.5. The maximum absolute atomic E-state index is 2.66. The smallest absolute Gasteiger partial charge is 0.252 e. The molecule has 0 unspecified atom stereocenters. The minimum absolute atomic E-state index is 0.0226. The number of fused-ring (bicyclic) bond motifs is 10. The van der Waals surface area contributed by atoms with Crippen molar-refractivity contribution in [3.05, 3.63) is 258 Å². The van der Waals surface area contributed by atoms with Crippen LogP contribution >= 0.6 is 11.3 Å². The Morgan fingerprint density at radius 3 is 1.55 bits per heavy atom. The summed E-state index contributed by atoms with van der Waals surface area (Å²) >= 11 is 1.88. The summed E-state index contributed by atoms with van der Waals surface area (Å²) in [7, 11) is 2.28. The summed E-state index contributed by atoms with van der Waals surface area (Å²) in [5.41, 5.74) is 27.3. The van der Waals surface area contributed by atoms with Crippen LogP contribution in [0.15, 0.2) is 224 Å². The van der Waals surface area contributed by atoms with Crippen molar-refractivity contribution >= 4 is 145 Å². The van der Waals surface area contributed by atoms with Gasteiger partial charge in [-0.25, -0.2) is 0 Å². The van der Waals surface area contributed by atoms with Gasteiger partial charge in [0.05, 0.1) is 27.3 Å². The molecule has 2 aromatic heterocycles. The van der Waals surface area contributed by atoms with Crippen LogP contribution in [-0.4, -0.2) is 11.3 Å². The SMILES string of the molecule is Cc1ccc(N(c2ccc(C)cc2)c2ccc3c(c2)N(c2ccc(C(C)(C)C)cc2)c2cc(C(C)(C)C)cc4c2B3c2cc(C(C)(C)C)ccc2N4c2ccc(N(c3ccc(C)cc3)c3cccc4c3sc3ccccc34)c3c4ccccc4n(C)c23)cc1. The molecule has 0 saturated heterocycles. The number of aryl methyl sites for hydroxylation is 4. The summed E-state index contributed by atoms with van der Waals surface area (Å²) in [4.78, 5) is 10.2. The van der Waals surface area contributed by atoms with Crippen LogP contribution in [0, 0.1) is 20.8 Å². The molecule has 13 aromatic rings. The molecular weight excluding hydrogens is 1100 g/mol. The van der Waals surface area contributed by atoms with Gasteiger partial charge in [0.2, 0.25) is 0 Å². The van der Waals surface area contributed by atoms with Gasteiger partial charge in [-0.15, -0.1) is 11.3 Å². The van der Waals surface area contributed by atoms with Gasteiger partial charge in [-0.05, 0) is 179 Å². The molecule has 0 spiro atoms. The van der Waals surface area contributed by atoms with Gasteiger partial charge >= 0.3 is 0 Å². The highest BCUT2D eigenvalue weighted by Crippen LogP contribution is 2.54. The van der Waals surface area contributed by atoms with Gasteiger partial charge in [-0.2, -0.15) is 0 Å². The fraction of sp³-hybridized carbons (Fsp3) is 0.195. The Hall–Kier alpha value is -9.30. The average molecular weight is 1170 g/mol. The molecule has 5 nitrogen and oxygen atoms in total. The second-order valence-corrected chi connectivity index (χ2v) is 29.2. The van der Waals surface area contributed by atoms with Crippen LogP contribution < -0.4 is 36.0 Å². The van der Waals surface area contributed by atoms with E-state index in [2.05, 4.69) is 339 Å². The molecule has 2 aliphatic rings. The van der Waals surface area contributed by atoms with Crippen molar-refractivity contribution in [2.45, 2.75) is 99.3 Å². The summed E-state index contributed by atoms with van der Waals surface area (Å²) in [6.07, 6.45) is 0. The molecule has 7 heteroatoms. The van der Waals surface area contributed by atoms with Crippen LogP contribution in [0.25, 0.3) is 42.0 Å². The van der Waals surface area contributed by atoms with Gasteiger partial charge in [-0.1, -0.05) is 194 Å². The van der Waals surface area contributed by atoms with Crippen LogP contribution in [-0.2, 0) is 23.3 Å². The van der Waals surface area contributed by atoms with Crippen molar-refractivity contribution in [2.75, 3.05) is 19.6 Å². The highest BCUT2D eigenvalue weighted by Gasteiger charge is 2.46. The zero-order valence-electron chi connectivity index (χ0n) is 53.6. The van der Waals surface area contributed by atoms with Gasteiger partial charge in [0.25, 0.3) is 6.71 Å². The van der Waals surface area contributed by atoms with Crippen LogP contribution in [0.1, 0.15) is 95.7 Å². The molecule has 0 fully saturated rings. The number of aromatic nitrogens is 1. The van der Waals surface area contributed by atoms with Crippen molar-refractivity contribution in [3.8, 4) is 0 Å². The van der Waals surface area contributed by atoms with Crippen molar-refractivity contribution in [1.29, 1.82) is 0 Å². The molecule has 0 aliphatic carbocycles. The molecule has 0 saturated carbocycles. The first-order valence-electron chi connectivity index (χ1n) is 31.6. The summed E-state index contributed by atoms with van der Waals surface area (Å²) in [6.45, 7) is 27.5. The standard InChI is InChI=1S/C82H76BN5S/c1-51-25-34-57(35-26-51)85(58-36-27-52(2)28-37-58)61-42-43-65-72(50-61)87(60-40-31-54(32-41-60)80(4,5)6)73-48-56(82(10,11)12)49-74-77(73)83(65)66-47-55(81(7,8)9)33-44-68(66)88(74)70-46-45-69(76-64-20-14-16-22-67(64)84(13)78(70)76)86(59-38-29-53(3)30-39-59)71-23-18-21-63-62-19-15-17-24-75(62)89-79(63)71/h14-50H,1-13H3. The van der Waals surface area contributed by atoms with E-state index in [1.807, 2.05) is 11.3 Å². The third kappa shape index (κ3) is 9.25. The number of benzene rings is 11. The number of rotatable bonds is 8. The Morgan fingerprint density at radius 2 is 0.921 bits per heavy atom. The second kappa shape index (κ2) is 20.6. The average Bonchev–Trinajstić information content (AvgIpc) is 1.40. The molecule has 0 radical (unpaired) electrons. The Kier molecular flexibility index (Phi) is 13.0. The molecule has 0 amide bonds. The Labute approximate surface area is 529 Å². The Balaban J connectivity index is 1.04. The maximum Gasteiger partial charge on any atom is 0.252 e. The molecule has 11 aromatic carbocycles. The Bertz CT molecular complexity index is 4910. The topological polar surface area (TPSA) is 17.9 Å².